The van der Waals surface area contributed by atoms with Crippen molar-refractivity contribution in [2.45, 2.75) is 6.92 Å². The number of benzene rings is 1. The van der Waals surface area contributed by atoms with E-state index >= 15 is 0 Å². The molecule has 0 aliphatic carbocycles. The Morgan fingerprint density at radius 2 is 2.25 bits per heavy atom. The number of carboxylic acids is 1. The molecule has 0 radical (unpaired) electrons. The zero-order chi connectivity index (χ0) is 11.7. The largest absolute Gasteiger partial charge is 0.476 e. The summed E-state index contributed by atoms with van der Waals surface area (Å²) in [5.74, 6) is -0.872. The Morgan fingerprint density at radius 3 is 2.88 bits per heavy atom. The molecular formula is C11H8ClNO3. The van der Waals surface area contributed by atoms with Crippen molar-refractivity contribution in [3.8, 4) is 11.3 Å². The van der Waals surface area contributed by atoms with Gasteiger partial charge >= 0.3 is 5.97 Å². The topological polar surface area (TPSA) is 63.3 Å². The van der Waals surface area contributed by atoms with Crippen molar-refractivity contribution in [1.82, 2.24) is 4.98 Å². The SMILES string of the molecule is Cc1cc(-c2ocnc2C(=O)O)ccc1Cl. The molecule has 0 saturated heterocycles. The zero-order valence-electron chi connectivity index (χ0n) is 8.40. The fraction of sp³-hybridized carbons (Fsp3) is 0.0909. The lowest BCUT2D eigenvalue weighted by Crippen LogP contribution is -1.98. The molecule has 0 fully saturated rings. The van der Waals surface area contributed by atoms with E-state index < -0.39 is 5.97 Å². The molecule has 2 aromatic rings. The first-order chi connectivity index (χ1) is 7.59. The molecule has 1 heterocycles. The third kappa shape index (κ3) is 1.79. The van der Waals surface area contributed by atoms with Gasteiger partial charge in [-0.2, -0.15) is 0 Å². The number of oxazole rings is 1. The van der Waals surface area contributed by atoms with Crippen molar-refractivity contribution < 1.29 is 14.3 Å². The van der Waals surface area contributed by atoms with Gasteiger partial charge in [0, 0.05) is 10.6 Å². The molecule has 1 aromatic heterocycles. The summed E-state index contributed by atoms with van der Waals surface area (Å²) < 4.78 is 5.07. The molecule has 5 heteroatoms. The van der Waals surface area contributed by atoms with E-state index in [4.69, 9.17) is 21.1 Å². The van der Waals surface area contributed by atoms with Crippen LogP contribution in [0.2, 0.25) is 5.02 Å². The van der Waals surface area contributed by atoms with Gasteiger partial charge in [0.15, 0.2) is 17.8 Å². The van der Waals surface area contributed by atoms with Gasteiger partial charge in [-0.25, -0.2) is 9.78 Å². The second kappa shape index (κ2) is 3.98. The normalized spacial score (nSPS) is 10.4. The summed E-state index contributed by atoms with van der Waals surface area (Å²) in [6, 6.07) is 5.15. The first-order valence-electron chi connectivity index (χ1n) is 4.53. The molecule has 16 heavy (non-hydrogen) atoms. The first-order valence-corrected chi connectivity index (χ1v) is 4.90. The van der Waals surface area contributed by atoms with Gasteiger partial charge in [0.1, 0.15) is 0 Å². The third-order valence-corrected chi connectivity index (χ3v) is 2.61. The smallest absolute Gasteiger partial charge is 0.358 e. The number of hydrogen-bond donors (Lipinski definition) is 1. The number of aromatic carboxylic acids is 1. The van der Waals surface area contributed by atoms with Crippen LogP contribution < -0.4 is 0 Å². The lowest BCUT2D eigenvalue weighted by Gasteiger charge is -2.01. The number of carboxylic acid groups (broad SMARTS) is 1. The van der Waals surface area contributed by atoms with Crippen LogP contribution in [0, 0.1) is 6.92 Å². The van der Waals surface area contributed by atoms with Crippen molar-refractivity contribution in [2.24, 2.45) is 0 Å². The van der Waals surface area contributed by atoms with Gasteiger partial charge in [-0.15, -0.1) is 0 Å². The Labute approximate surface area is 96.5 Å². The molecule has 0 aliphatic heterocycles. The molecule has 0 unspecified atom stereocenters. The highest BCUT2D eigenvalue weighted by Crippen LogP contribution is 2.26. The second-order valence-electron chi connectivity index (χ2n) is 3.30. The van der Waals surface area contributed by atoms with Gasteiger partial charge in [0.2, 0.25) is 0 Å². The summed E-state index contributed by atoms with van der Waals surface area (Å²) >= 11 is 5.88. The Hall–Kier alpha value is -1.81. The second-order valence-corrected chi connectivity index (χ2v) is 3.71. The summed E-state index contributed by atoms with van der Waals surface area (Å²) in [6.07, 6.45) is 1.11. The zero-order valence-corrected chi connectivity index (χ0v) is 9.15. The molecule has 2 rings (SSSR count). The predicted molar refractivity (Wildman–Crippen MR) is 58.6 cm³/mol. The Bertz CT molecular complexity index is 548. The maximum Gasteiger partial charge on any atom is 0.358 e. The highest BCUT2D eigenvalue weighted by atomic mass is 35.5. The van der Waals surface area contributed by atoms with Crippen LogP contribution in [0.3, 0.4) is 0 Å². The standard InChI is InChI=1S/C11H8ClNO3/c1-6-4-7(2-3-8(6)12)10-9(11(14)15)13-5-16-10/h2-5H,1H3,(H,14,15). The Kier molecular flexibility index (Phi) is 2.66. The van der Waals surface area contributed by atoms with Gasteiger partial charge < -0.3 is 9.52 Å². The average Bonchev–Trinajstić information content (AvgIpc) is 2.71. The van der Waals surface area contributed by atoms with Crippen molar-refractivity contribution in [3.05, 3.63) is 40.9 Å². The highest BCUT2D eigenvalue weighted by molar-refractivity contribution is 6.31. The average molecular weight is 238 g/mol. The third-order valence-electron chi connectivity index (χ3n) is 2.19. The van der Waals surface area contributed by atoms with Crippen molar-refractivity contribution in [1.29, 1.82) is 0 Å². The van der Waals surface area contributed by atoms with E-state index in [2.05, 4.69) is 4.98 Å². The molecule has 0 bridgehead atoms. The fourth-order valence-corrected chi connectivity index (χ4v) is 1.51. The molecule has 0 aliphatic rings. The number of halogens is 1. The molecule has 0 atom stereocenters. The van der Waals surface area contributed by atoms with Crippen molar-refractivity contribution >= 4 is 17.6 Å². The van der Waals surface area contributed by atoms with E-state index in [9.17, 15) is 4.79 Å². The lowest BCUT2D eigenvalue weighted by molar-refractivity contribution is 0.0691. The maximum absolute atomic E-state index is 10.9. The Balaban J connectivity index is 2.54. The van der Waals surface area contributed by atoms with Crippen LogP contribution in [0.25, 0.3) is 11.3 Å². The molecule has 82 valence electrons. The number of aryl methyl sites for hydroxylation is 1. The van der Waals surface area contributed by atoms with Crippen LogP contribution in [0.4, 0.5) is 0 Å². The summed E-state index contributed by atoms with van der Waals surface area (Å²) in [5.41, 5.74) is 1.41. The number of rotatable bonds is 2. The van der Waals surface area contributed by atoms with Crippen molar-refractivity contribution in [3.63, 3.8) is 0 Å². The minimum Gasteiger partial charge on any atom is -0.476 e. The van der Waals surface area contributed by atoms with E-state index in [1.807, 2.05) is 6.92 Å². The quantitative estimate of drug-likeness (QED) is 0.872. The van der Waals surface area contributed by atoms with Gasteiger partial charge in [-0.05, 0) is 30.7 Å². The van der Waals surface area contributed by atoms with Gasteiger partial charge in [0.25, 0.3) is 0 Å². The highest BCUT2D eigenvalue weighted by Gasteiger charge is 2.17. The molecule has 0 amide bonds. The number of nitrogens with zero attached hydrogens (tertiary/aromatic N) is 1. The lowest BCUT2D eigenvalue weighted by atomic mass is 10.1. The van der Waals surface area contributed by atoms with Gasteiger partial charge in [-0.1, -0.05) is 11.6 Å². The van der Waals surface area contributed by atoms with Crippen LogP contribution in [-0.4, -0.2) is 16.1 Å². The van der Waals surface area contributed by atoms with Crippen LogP contribution >= 0.6 is 11.6 Å². The fourth-order valence-electron chi connectivity index (χ4n) is 1.39. The van der Waals surface area contributed by atoms with Crippen LogP contribution in [0.15, 0.2) is 29.0 Å². The Morgan fingerprint density at radius 1 is 1.50 bits per heavy atom. The summed E-state index contributed by atoms with van der Waals surface area (Å²) in [5, 5.41) is 9.52. The monoisotopic (exact) mass is 237 g/mol. The molecule has 0 saturated carbocycles. The molecule has 1 aromatic carbocycles. The molecular weight excluding hydrogens is 230 g/mol. The maximum atomic E-state index is 10.9. The van der Waals surface area contributed by atoms with E-state index in [1.54, 1.807) is 18.2 Å². The summed E-state index contributed by atoms with van der Waals surface area (Å²) in [7, 11) is 0. The van der Waals surface area contributed by atoms with E-state index in [1.165, 1.54) is 0 Å². The number of aromatic nitrogens is 1. The van der Waals surface area contributed by atoms with E-state index in [-0.39, 0.29) is 11.5 Å². The molecule has 1 N–H and O–H groups in total. The van der Waals surface area contributed by atoms with Crippen molar-refractivity contribution in [2.75, 3.05) is 0 Å². The minimum absolute atomic E-state index is 0.0956. The summed E-state index contributed by atoms with van der Waals surface area (Å²) in [4.78, 5) is 14.5. The minimum atomic E-state index is -1.11. The molecule has 0 spiro atoms. The van der Waals surface area contributed by atoms with E-state index in [0.29, 0.717) is 10.6 Å². The first kappa shape index (κ1) is 10.7. The number of carbonyl (C=O) groups is 1. The number of hydrogen-bond acceptors (Lipinski definition) is 3. The van der Waals surface area contributed by atoms with Gasteiger partial charge in [-0.3, -0.25) is 0 Å². The van der Waals surface area contributed by atoms with Gasteiger partial charge in [0.05, 0.1) is 0 Å². The predicted octanol–water partition coefficient (Wildman–Crippen LogP) is 3.00. The van der Waals surface area contributed by atoms with Crippen LogP contribution in [0.1, 0.15) is 16.1 Å². The summed E-state index contributed by atoms with van der Waals surface area (Å²) in [6.45, 7) is 1.84. The van der Waals surface area contributed by atoms with Crippen LogP contribution in [-0.2, 0) is 0 Å². The van der Waals surface area contributed by atoms with E-state index in [0.717, 1.165) is 12.0 Å². The molecule has 4 nitrogen and oxygen atoms in total. The van der Waals surface area contributed by atoms with Crippen LogP contribution in [0.5, 0.6) is 0 Å².